The summed E-state index contributed by atoms with van der Waals surface area (Å²) in [4.78, 5) is 32.9. The Labute approximate surface area is 266 Å². The van der Waals surface area contributed by atoms with E-state index in [2.05, 4.69) is 4.98 Å². The summed E-state index contributed by atoms with van der Waals surface area (Å²) in [6, 6.07) is 6.34. The minimum absolute atomic E-state index is 0.0268. The van der Waals surface area contributed by atoms with Crippen LogP contribution in [0, 0.1) is 17.2 Å². The molecule has 8 nitrogen and oxygen atoms in total. The van der Waals surface area contributed by atoms with Gasteiger partial charge in [-0.3, -0.25) is 19.5 Å². The lowest BCUT2D eigenvalue weighted by Crippen LogP contribution is -2.50. The minimum Gasteiger partial charge on any atom is -0.399 e. The summed E-state index contributed by atoms with van der Waals surface area (Å²) in [6.45, 7) is 9.45. The van der Waals surface area contributed by atoms with E-state index < -0.39 is 47.1 Å². The molecule has 44 heavy (non-hydrogen) atoms. The van der Waals surface area contributed by atoms with Crippen LogP contribution in [0.25, 0.3) is 0 Å². The molecule has 232 valence electrons. The first-order chi connectivity index (χ1) is 20.6. The van der Waals surface area contributed by atoms with Gasteiger partial charge in [0, 0.05) is 11.2 Å². The molecule has 2 aliphatic heterocycles. The van der Waals surface area contributed by atoms with Crippen LogP contribution >= 0.6 is 23.2 Å². The smallest absolute Gasteiger partial charge is 0.399 e. The molecule has 2 aliphatic carbocycles. The molecule has 3 heterocycles. The highest BCUT2D eigenvalue weighted by Gasteiger charge is 2.60. The number of allylic oxidation sites excluding steroid dienone is 3. The first-order valence-electron chi connectivity index (χ1n) is 14.7. The largest absolute Gasteiger partial charge is 0.494 e. The molecule has 12 heteroatoms. The summed E-state index contributed by atoms with van der Waals surface area (Å²) in [5.41, 5.74) is 3.52. The third-order valence-corrected chi connectivity index (χ3v) is 10.2. The molecule has 2 aromatic rings. The van der Waals surface area contributed by atoms with Crippen LogP contribution in [0.5, 0.6) is 0 Å². The molecule has 0 bridgehead atoms. The van der Waals surface area contributed by atoms with Crippen molar-refractivity contribution in [2.45, 2.75) is 77.4 Å². The number of nitrogens with two attached hydrogens (primary N) is 1. The van der Waals surface area contributed by atoms with Crippen molar-refractivity contribution in [1.82, 2.24) is 9.88 Å². The van der Waals surface area contributed by atoms with Crippen LogP contribution in [0.3, 0.4) is 0 Å². The summed E-state index contributed by atoms with van der Waals surface area (Å²) in [6.07, 6.45) is 6.56. The van der Waals surface area contributed by atoms with E-state index in [9.17, 15) is 9.59 Å². The number of pyridine rings is 1. The second-order valence-electron chi connectivity index (χ2n) is 13.3. The summed E-state index contributed by atoms with van der Waals surface area (Å²) in [5, 5.41) is 1.06. The quantitative estimate of drug-likeness (QED) is 0.390. The van der Waals surface area contributed by atoms with Gasteiger partial charge >= 0.3 is 7.12 Å². The average Bonchev–Trinajstić information content (AvgIpc) is 3.65. The van der Waals surface area contributed by atoms with Crippen molar-refractivity contribution in [2.75, 3.05) is 6.61 Å². The molecule has 2 unspecified atom stereocenters. The van der Waals surface area contributed by atoms with E-state index in [1.807, 2.05) is 34.6 Å². The number of rotatable bonds is 8. The number of benzene rings is 1. The van der Waals surface area contributed by atoms with Crippen molar-refractivity contribution in [3.63, 3.8) is 0 Å². The highest BCUT2D eigenvalue weighted by molar-refractivity contribution is 6.62. The number of nitrogens with zero attached hydrogens (tertiary/aromatic N) is 2. The van der Waals surface area contributed by atoms with E-state index in [0.29, 0.717) is 46.0 Å². The predicted octanol–water partition coefficient (Wildman–Crippen LogP) is 5.35. The van der Waals surface area contributed by atoms with Crippen LogP contribution in [0.4, 0.5) is 4.39 Å². The molecule has 1 saturated heterocycles. The van der Waals surface area contributed by atoms with Crippen LogP contribution in [0.15, 0.2) is 53.2 Å². The Bertz CT molecular complexity index is 1590. The van der Waals surface area contributed by atoms with Gasteiger partial charge in [0.05, 0.1) is 51.6 Å². The number of ether oxygens (including phenoxy) is 1. The van der Waals surface area contributed by atoms with Crippen molar-refractivity contribution < 1.29 is 28.0 Å². The van der Waals surface area contributed by atoms with Gasteiger partial charge in [-0.2, -0.15) is 0 Å². The fourth-order valence-corrected chi connectivity index (χ4v) is 6.58. The Morgan fingerprint density at radius 1 is 1.16 bits per heavy atom. The van der Waals surface area contributed by atoms with Gasteiger partial charge in [-0.05, 0) is 94.3 Å². The Balaban J connectivity index is 1.54. The summed E-state index contributed by atoms with van der Waals surface area (Å²) < 4.78 is 36.0. The number of aromatic nitrogens is 1. The van der Waals surface area contributed by atoms with Crippen LogP contribution in [-0.2, 0) is 31.1 Å². The van der Waals surface area contributed by atoms with Crippen molar-refractivity contribution >= 4 is 47.6 Å². The number of amides is 2. The SMILES string of the molecule is CC1CC(Cl)=CC=C1C1(OCC2(C(N)=O)CC2)c2c(F)cc(B3OC(C)(C)C(C)(C)O3)cc2C(=O)N1Cc1ccc(Cl)cn1. The molecule has 6 rings (SSSR count). The molecule has 1 saturated carbocycles. The maximum Gasteiger partial charge on any atom is 0.494 e. The highest BCUT2D eigenvalue weighted by atomic mass is 35.5. The number of hydrogen-bond acceptors (Lipinski definition) is 6. The number of primary amides is 1. The topological polar surface area (TPSA) is 104 Å². The molecule has 2 N–H and O–H groups in total. The molecular weight excluding hydrogens is 607 g/mol. The Morgan fingerprint density at radius 3 is 2.41 bits per heavy atom. The van der Waals surface area contributed by atoms with Crippen molar-refractivity contribution in [2.24, 2.45) is 17.1 Å². The van der Waals surface area contributed by atoms with Crippen LogP contribution in [0.1, 0.15) is 75.5 Å². The monoisotopic (exact) mass is 641 g/mol. The number of carbonyl (C=O) groups excluding carboxylic acids is 2. The molecule has 2 fully saturated rings. The third-order valence-electron chi connectivity index (χ3n) is 9.74. The normalized spacial score (nSPS) is 26.4. The maximum atomic E-state index is 16.8. The van der Waals surface area contributed by atoms with Crippen molar-refractivity contribution in [3.8, 4) is 0 Å². The zero-order valence-electron chi connectivity index (χ0n) is 25.4. The van der Waals surface area contributed by atoms with Gasteiger partial charge in [-0.25, -0.2) is 4.39 Å². The van der Waals surface area contributed by atoms with Gasteiger partial charge in [-0.1, -0.05) is 36.2 Å². The van der Waals surface area contributed by atoms with Gasteiger partial charge < -0.3 is 19.8 Å². The van der Waals surface area contributed by atoms with E-state index >= 15 is 4.39 Å². The molecular formula is C32H35BCl2FN3O5. The first-order valence-corrected chi connectivity index (χ1v) is 15.5. The van der Waals surface area contributed by atoms with E-state index in [1.54, 1.807) is 30.4 Å². The van der Waals surface area contributed by atoms with Crippen molar-refractivity contribution in [3.05, 3.63) is 80.9 Å². The molecule has 2 amide bonds. The molecule has 0 radical (unpaired) electrons. The van der Waals surface area contributed by atoms with Gasteiger partial charge in [-0.15, -0.1) is 0 Å². The second-order valence-corrected chi connectivity index (χ2v) is 14.2. The lowest BCUT2D eigenvalue weighted by molar-refractivity contribution is -0.146. The third kappa shape index (κ3) is 4.99. The fraction of sp³-hybridized carbons (Fsp3) is 0.469. The first kappa shape index (κ1) is 31.2. The van der Waals surface area contributed by atoms with Crippen molar-refractivity contribution in [1.29, 1.82) is 0 Å². The zero-order chi connectivity index (χ0) is 31.8. The molecule has 1 aromatic carbocycles. The lowest BCUT2D eigenvalue weighted by Gasteiger charge is -2.44. The van der Waals surface area contributed by atoms with E-state index in [1.165, 1.54) is 17.2 Å². The van der Waals surface area contributed by atoms with Crippen LogP contribution in [0.2, 0.25) is 5.02 Å². The second kappa shape index (κ2) is 10.7. The summed E-state index contributed by atoms with van der Waals surface area (Å²) >= 11 is 12.5. The van der Waals surface area contributed by atoms with E-state index in [0.717, 1.165) is 0 Å². The van der Waals surface area contributed by atoms with Crippen LogP contribution < -0.4 is 11.2 Å². The van der Waals surface area contributed by atoms with Gasteiger partial charge in [0.2, 0.25) is 5.91 Å². The molecule has 2 atom stereocenters. The van der Waals surface area contributed by atoms with Gasteiger partial charge in [0.25, 0.3) is 5.91 Å². The molecule has 1 aromatic heterocycles. The van der Waals surface area contributed by atoms with Gasteiger partial charge in [0.15, 0.2) is 5.72 Å². The number of hydrogen-bond donors (Lipinski definition) is 1. The number of carbonyl (C=O) groups is 2. The Morgan fingerprint density at radius 2 is 1.84 bits per heavy atom. The predicted molar refractivity (Wildman–Crippen MR) is 166 cm³/mol. The maximum absolute atomic E-state index is 16.8. The van der Waals surface area contributed by atoms with E-state index in [4.69, 9.17) is 43.0 Å². The Hall–Kier alpha value is -2.76. The van der Waals surface area contributed by atoms with Gasteiger partial charge in [0.1, 0.15) is 5.82 Å². The fourth-order valence-electron chi connectivity index (χ4n) is 6.18. The Kier molecular flexibility index (Phi) is 7.57. The zero-order valence-corrected chi connectivity index (χ0v) is 26.9. The summed E-state index contributed by atoms with van der Waals surface area (Å²) in [7, 11) is -0.894. The minimum atomic E-state index is -1.72. The molecule has 0 spiro atoms. The number of fused-ring (bicyclic) bond motifs is 1. The number of halogens is 3. The average molecular weight is 642 g/mol. The lowest BCUT2D eigenvalue weighted by atomic mass is 9.75. The van der Waals surface area contributed by atoms with E-state index in [-0.39, 0.29) is 30.2 Å². The highest BCUT2D eigenvalue weighted by Crippen LogP contribution is 2.54. The summed E-state index contributed by atoms with van der Waals surface area (Å²) in [5.74, 6) is -1.86. The van der Waals surface area contributed by atoms with Crippen LogP contribution in [-0.4, -0.2) is 46.6 Å². The molecule has 4 aliphatic rings. The standard InChI is InChI=1S/C32H35BCl2FN3O5/c1-18-12-20(34)7-9-24(18)32(42-17-31(10-11-31)28(37)41)26-23(27(40)39(32)16-22-8-6-21(35)15-38-22)13-19(14-25(26)36)33-43-29(2,3)30(4,5)44-33/h6-9,13-15,18H,10-12,16-17H2,1-5H3,(H2,37,41).